The predicted octanol–water partition coefficient (Wildman–Crippen LogP) is 3.05. The fraction of sp³-hybridized carbons (Fsp3) is 0.889. The van der Waals surface area contributed by atoms with E-state index in [4.69, 9.17) is 29.7 Å². The third-order valence-corrected chi connectivity index (χ3v) is 2.62. The van der Waals surface area contributed by atoms with Gasteiger partial charge in [0, 0.05) is 18.3 Å². The van der Waals surface area contributed by atoms with Gasteiger partial charge < -0.3 is 5.73 Å². The molecule has 4 heteroatoms. The Morgan fingerprint density at radius 3 is 2.31 bits per heavy atom. The number of nitrogens with zero attached hydrogens (tertiary/aromatic N) is 1. The number of hydrogen-bond donors (Lipinski definition) is 1. The molecule has 0 aliphatic carbocycles. The molecule has 0 spiro atoms. The van der Waals surface area contributed by atoms with Gasteiger partial charge in [0.25, 0.3) is 0 Å². The number of unbranched alkanes of at least 4 members (excludes halogenated alkanes) is 5. The van der Waals surface area contributed by atoms with E-state index in [1.807, 2.05) is 0 Å². The lowest BCUT2D eigenvalue weighted by atomic mass is 10.1. The molecule has 2 N–H and O–H groups in total. The molecule has 0 aromatic rings. The Bertz CT molecular complexity index is 142. The molecule has 0 bridgehead atoms. The van der Waals surface area contributed by atoms with E-state index in [-0.39, 0.29) is 5.11 Å². The van der Waals surface area contributed by atoms with E-state index in [2.05, 4.69) is 6.92 Å². The van der Waals surface area contributed by atoms with Gasteiger partial charge in [0.1, 0.15) is 0 Å². The zero-order valence-electron chi connectivity index (χ0n) is 8.26. The molecule has 78 valence electrons. The third kappa shape index (κ3) is 8.31. The van der Waals surface area contributed by atoms with E-state index < -0.39 is 0 Å². The molecular weight excluding hydrogens is 204 g/mol. The van der Waals surface area contributed by atoms with Gasteiger partial charge in [-0.15, -0.1) is 0 Å². The van der Waals surface area contributed by atoms with Gasteiger partial charge in [-0.25, -0.2) is 0 Å². The second-order valence-electron chi connectivity index (χ2n) is 3.19. The highest BCUT2D eigenvalue weighted by atomic mass is 35.5. The summed E-state index contributed by atoms with van der Waals surface area (Å²) >= 11 is 10.4. The molecule has 0 atom stereocenters. The van der Waals surface area contributed by atoms with Crippen LogP contribution in [0.15, 0.2) is 0 Å². The minimum atomic E-state index is 0.273. The maximum atomic E-state index is 5.72. The van der Waals surface area contributed by atoms with Crippen LogP contribution in [-0.2, 0) is 0 Å². The minimum Gasteiger partial charge on any atom is -0.375 e. The van der Waals surface area contributed by atoms with Gasteiger partial charge in [-0.2, -0.15) is 0 Å². The fourth-order valence-electron chi connectivity index (χ4n) is 1.14. The molecule has 0 saturated carbocycles. The highest BCUT2D eigenvalue weighted by molar-refractivity contribution is 7.80. The molecule has 0 rings (SSSR count). The van der Waals surface area contributed by atoms with E-state index in [0.29, 0.717) is 0 Å². The number of halogens is 1. The molecule has 0 amide bonds. The van der Waals surface area contributed by atoms with E-state index >= 15 is 0 Å². The van der Waals surface area contributed by atoms with Gasteiger partial charge in [0.2, 0.25) is 0 Å². The van der Waals surface area contributed by atoms with Crippen LogP contribution in [0.2, 0.25) is 0 Å². The molecule has 0 aliphatic heterocycles. The lowest BCUT2D eigenvalue weighted by Crippen LogP contribution is -2.27. The van der Waals surface area contributed by atoms with Crippen LogP contribution in [0, 0.1) is 0 Å². The van der Waals surface area contributed by atoms with Crippen molar-refractivity contribution >= 4 is 29.1 Å². The van der Waals surface area contributed by atoms with E-state index in [1.165, 1.54) is 36.5 Å². The van der Waals surface area contributed by atoms with Gasteiger partial charge >= 0.3 is 0 Å². The topological polar surface area (TPSA) is 29.3 Å². The highest BCUT2D eigenvalue weighted by Gasteiger charge is 2.00. The van der Waals surface area contributed by atoms with Crippen LogP contribution in [0.3, 0.4) is 0 Å². The van der Waals surface area contributed by atoms with Crippen LogP contribution < -0.4 is 5.73 Å². The number of hydrogen-bond acceptors (Lipinski definition) is 1. The molecule has 0 saturated heterocycles. The summed E-state index contributed by atoms with van der Waals surface area (Å²) in [4.78, 5) is 0. The van der Waals surface area contributed by atoms with Crippen LogP contribution in [0.1, 0.15) is 45.4 Å². The summed E-state index contributed by atoms with van der Waals surface area (Å²) in [5.74, 6) is 0. The van der Waals surface area contributed by atoms with E-state index in [1.54, 1.807) is 0 Å². The Hall–Kier alpha value is -0.0200. The maximum absolute atomic E-state index is 5.72. The summed E-state index contributed by atoms with van der Waals surface area (Å²) < 4.78 is 1.41. The van der Waals surface area contributed by atoms with Crippen molar-refractivity contribution in [3.63, 3.8) is 0 Å². The number of thiocarbonyl (C=S) groups is 1. The van der Waals surface area contributed by atoms with Crippen molar-refractivity contribution < 1.29 is 0 Å². The Labute approximate surface area is 91.5 Å². The average molecular weight is 223 g/mol. The molecule has 0 radical (unpaired) electrons. The van der Waals surface area contributed by atoms with E-state index in [0.717, 1.165) is 13.0 Å². The Morgan fingerprint density at radius 1 is 1.23 bits per heavy atom. The summed E-state index contributed by atoms with van der Waals surface area (Å²) in [5.41, 5.74) is 5.32. The smallest absolute Gasteiger partial charge is 0.181 e. The summed E-state index contributed by atoms with van der Waals surface area (Å²) in [6.07, 6.45) is 7.52. The summed E-state index contributed by atoms with van der Waals surface area (Å²) in [6.45, 7) is 2.98. The van der Waals surface area contributed by atoms with Crippen molar-refractivity contribution in [3.05, 3.63) is 0 Å². The lowest BCUT2D eigenvalue weighted by molar-refractivity contribution is 0.550. The Balaban J connectivity index is 3.11. The summed E-state index contributed by atoms with van der Waals surface area (Å²) in [7, 11) is 0. The molecule has 0 aliphatic rings. The van der Waals surface area contributed by atoms with Crippen LogP contribution in [0.5, 0.6) is 0 Å². The van der Waals surface area contributed by atoms with Gasteiger partial charge in [-0.1, -0.05) is 39.0 Å². The van der Waals surface area contributed by atoms with Crippen LogP contribution in [-0.4, -0.2) is 16.1 Å². The molecule has 2 nitrogen and oxygen atoms in total. The van der Waals surface area contributed by atoms with Crippen LogP contribution in [0.4, 0.5) is 0 Å². The van der Waals surface area contributed by atoms with Crippen molar-refractivity contribution in [1.82, 2.24) is 4.42 Å². The second-order valence-corrected chi connectivity index (χ2v) is 4.02. The van der Waals surface area contributed by atoms with Crippen LogP contribution in [0.25, 0.3) is 0 Å². The molecule has 0 heterocycles. The van der Waals surface area contributed by atoms with Crippen molar-refractivity contribution in [2.75, 3.05) is 6.54 Å². The largest absolute Gasteiger partial charge is 0.375 e. The second kappa shape index (κ2) is 8.57. The van der Waals surface area contributed by atoms with Gasteiger partial charge in [-0.3, -0.25) is 4.42 Å². The first-order valence-corrected chi connectivity index (χ1v) is 5.66. The Kier molecular flexibility index (Phi) is 8.56. The summed E-state index contributed by atoms with van der Waals surface area (Å²) in [6, 6.07) is 0. The van der Waals surface area contributed by atoms with Gasteiger partial charge in [0.05, 0.1) is 0 Å². The van der Waals surface area contributed by atoms with Gasteiger partial charge in [0.15, 0.2) is 5.11 Å². The number of nitrogens with two attached hydrogens (primary N) is 1. The highest BCUT2D eigenvalue weighted by Crippen LogP contribution is 2.06. The summed E-state index contributed by atoms with van der Waals surface area (Å²) in [5, 5.41) is 0.273. The molecule has 0 fully saturated rings. The monoisotopic (exact) mass is 222 g/mol. The first kappa shape index (κ1) is 13.0. The molecule has 13 heavy (non-hydrogen) atoms. The van der Waals surface area contributed by atoms with Crippen molar-refractivity contribution in [1.29, 1.82) is 0 Å². The minimum absolute atomic E-state index is 0.273. The van der Waals surface area contributed by atoms with E-state index in [9.17, 15) is 0 Å². The van der Waals surface area contributed by atoms with Crippen LogP contribution >= 0.6 is 24.0 Å². The molecular formula is C9H19ClN2S. The number of rotatable bonds is 7. The first-order chi connectivity index (χ1) is 6.18. The quantitative estimate of drug-likeness (QED) is 0.408. The standard InChI is InChI=1S/C9H19ClN2S/c1-2-3-4-5-6-7-8-12(10)9(11)13/h2-8H2,1H3,(H2,11,13). The van der Waals surface area contributed by atoms with Crippen molar-refractivity contribution in [2.24, 2.45) is 5.73 Å². The van der Waals surface area contributed by atoms with Gasteiger partial charge in [-0.05, 0) is 18.6 Å². The van der Waals surface area contributed by atoms with Crippen molar-refractivity contribution in [2.45, 2.75) is 45.4 Å². The average Bonchev–Trinajstić information content (AvgIpc) is 2.10. The zero-order valence-corrected chi connectivity index (χ0v) is 9.83. The zero-order chi connectivity index (χ0) is 10.1. The predicted molar refractivity (Wildman–Crippen MR) is 62.7 cm³/mol. The maximum Gasteiger partial charge on any atom is 0.181 e. The molecule has 0 aromatic heterocycles. The normalized spacial score (nSPS) is 10.0. The third-order valence-electron chi connectivity index (χ3n) is 1.95. The lowest BCUT2D eigenvalue weighted by Gasteiger charge is -2.12. The SMILES string of the molecule is CCCCCCCCN(Cl)C(N)=S. The fourth-order valence-corrected chi connectivity index (χ4v) is 1.35. The Morgan fingerprint density at radius 2 is 1.77 bits per heavy atom. The molecule has 0 unspecified atom stereocenters. The molecule has 0 aromatic carbocycles. The first-order valence-electron chi connectivity index (χ1n) is 4.91. The van der Waals surface area contributed by atoms with Crippen molar-refractivity contribution in [3.8, 4) is 0 Å².